The maximum Gasteiger partial charge on any atom is 0.341 e. The molecule has 3 aromatic rings. The molecule has 0 radical (unpaired) electrons. The SMILES string of the molecule is CCOC(=O)c1cc(-c2ccccc2)sc1NC(=S)NC(C)c1cn(C)nc1C. The fourth-order valence-electron chi connectivity index (χ4n) is 3.05. The molecule has 0 saturated carbocycles. The standard InChI is InChI=1S/C21H24N4O2S2/c1-5-27-20(26)16-11-18(15-9-7-6-8-10-15)29-19(16)23-21(28)22-13(2)17-12-25(4)24-14(17)3/h6-13H,5H2,1-4H3,(H2,22,23,28). The van der Waals surface area contributed by atoms with Crippen LogP contribution in [0.3, 0.4) is 0 Å². The molecule has 1 aromatic carbocycles. The molecule has 29 heavy (non-hydrogen) atoms. The van der Waals surface area contributed by atoms with Gasteiger partial charge in [-0.05, 0) is 44.6 Å². The van der Waals surface area contributed by atoms with Gasteiger partial charge in [0.15, 0.2) is 5.11 Å². The number of thiophene rings is 1. The van der Waals surface area contributed by atoms with E-state index in [9.17, 15) is 4.79 Å². The van der Waals surface area contributed by atoms with Crippen LogP contribution < -0.4 is 10.6 Å². The predicted molar refractivity (Wildman–Crippen MR) is 121 cm³/mol. The molecule has 0 aliphatic rings. The number of esters is 1. The van der Waals surface area contributed by atoms with E-state index in [1.54, 1.807) is 11.6 Å². The highest BCUT2D eigenvalue weighted by Crippen LogP contribution is 2.36. The van der Waals surface area contributed by atoms with E-state index in [4.69, 9.17) is 17.0 Å². The highest BCUT2D eigenvalue weighted by molar-refractivity contribution is 7.80. The number of hydrogen-bond acceptors (Lipinski definition) is 5. The Bertz CT molecular complexity index is 1010. The van der Waals surface area contributed by atoms with Gasteiger partial charge in [0, 0.05) is 23.7 Å². The van der Waals surface area contributed by atoms with Crippen LogP contribution in [0, 0.1) is 6.92 Å². The van der Waals surface area contributed by atoms with Crippen molar-refractivity contribution in [2.75, 3.05) is 11.9 Å². The zero-order valence-electron chi connectivity index (χ0n) is 16.9. The zero-order chi connectivity index (χ0) is 21.0. The molecule has 2 aromatic heterocycles. The van der Waals surface area contributed by atoms with Gasteiger partial charge in [0.1, 0.15) is 5.00 Å². The molecule has 1 unspecified atom stereocenters. The van der Waals surface area contributed by atoms with Crippen LogP contribution in [0.15, 0.2) is 42.6 Å². The van der Waals surface area contributed by atoms with Crippen molar-refractivity contribution in [3.63, 3.8) is 0 Å². The molecule has 0 saturated heterocycles. The third kappa shape index (κ3) is 5.02. The highest BCUT2D eigenvalue weighted by atomic mass is 32.1. The summed E-state index contributed by atoms with van der Waals surface area (Å²) < 4.78 is 7.00. The van der Waals surface area contributed by atoms with Crippen molar-refractivity contribution in [1.82, 2.24) is 15.1 Å². The second kappa shape index (κ2) is 9.19. The lowest BCUT2D eigenvalue weighted by Gasteiger charge is -2.16. The van der Waals surface area contributed by atoms with Crippen LogP contribution >= 0.6 is 23.6 Å². The predicted octanol–water partition coefficient (Wildman–Crippen LogP) is 4.68. The van der Waals surface area contributed by atoms with Gasteiger partial charge in [-0.2, -0.15) is 5.10 Å². The number of thiocarbonyl (C=S) groups is 1. The highest BCUT2D eigenvalue weighted by Gasteiger charge is 2.20. The number of ether oxygens (including phenoxy) is 1. The summed E-state index contributed by atoms with van der Waals surface area (Å²) in [6.45, 7) is 6.09. The van der Waals surface area contributed by atoms with E-state index < -0.39 is 0 Å². The lowest BCUT2D eigenvalue weighted by molar-refractivity contribution is 0.0528. The van der Waals surface area contributed by atoms with E-state index in [2.05, 4.69) is 15.7 Å². The van der Waals surface area contributed by atoms with E-state index in [0.29, 0.717) is 22.3 Å². The molecule has 0 aliphatic carbocycles. The van der Waals surface area contributed by atoms with Gasteiger partial charge in [0.2, 0.25) is 0 Å². The number of anilines is 1. The number of hydrogen-bond donors (Lipinski definition) is 2. The minimum atomic E-state index is -0.368. The number of aryl methyl sites for hydroxylation is 2. The minimum absolute atomic E-state index is 0.0247. The van der Waals surface area contributed by atoms with Gasteiger partial charge in [0.05, 0.1) is 23.9 Å². The second-order valence-electron chi connectivity index (χ2n) is 6.60. The fourth-order valence-corrected chi connectivity index (χ4v) is 4.45. The molecule has 0 aliphatic heterocycles. The maximum atomic E-state index is 12.5. The normalized spacial score (nSPS) is 11.7. The Kier molecular flexibility index (Phi) is 6.66. The van der Waals surface area contributed by atoms with Crippen LogP contribution in [-0.4, -0.2) is 27.5 Å². The summed E-state index contributed by atoms with van der Waals surface area (Å²) in [4.78, 5) is 13.4. The summed E-state index contributed by atoms with van der Waals surface area (Å²) in [5, 5.41) is 11.9. The Balaban J connectivity index is 1.81. The molecule has 3 rings (SSSR count). The molecule has 0 bridgehead atoms. The van der Waals surface area contributed by atoms with Crippen molar-refractivity contribution in [3.8, 4) is 10.4 Å². The molecule has 8 heteroatoms. The Morgan fingerprint density at radius 3 is 2.69 bits per heavy atom. The van der Waals surface area contributed by atoms with Crippen molar-refractivity contribution in [2.24, 2.45) is 7.05 Å². The van der Waals surface area contributed by atoms with E-state index in [-0.39, 0.29) is 12.0 Å². The second-order valence-corrected chi connectivity index (χ2v) is 8.06. The third-order valence-corrected chi connectivity index (χ3v) is 5.70. The van der Waals surface area contributed by atoms with Gasteiger partial charge < -0.3 is 15.4 Å². The number of rotatable bonds is 6. The number of carbonyl (C=O) groups is 1. The van der Waals surface area contributed by atoms with Gasteiger partial charge in [0.25, 0.3) is 0 Å². The summed E-state index contributed by atoms with van der Waals surface area (Å²) in [5.74, 6) is -0.368. The Morgan fingerprint density at radius 1 is 1.34 bits per heavy atom. The fraction of sp³-hybridized carbons (Fsp3) is 0.286. The van der Waals surface area contributed by atoms with Crippen LogP contribution in [0.1, 0.15) is 41.5 Å². The Morgan fingerprint density at radius 2 is 2.07 bits per heavy atom. The first-order valence-corrected chi connectivity index (χ1v) is 10.6. The summed E-state index contributed by atoms with van der Waals surface area (Å²) in [5.41, 5.74) is 3.53. The number of benzene rings is 1. The molecule has 0 amide bonds. The first kappa shape index (κ1) is 21.0. The van der Waals surface area contributed by atoms with E-state index in [1.165, 1.54) is 11.3 Å². The number of nitrogens with one attached hydrogen (secondary N) is 2. The van der Waals surface area contributed by atoms with Crippen LogP contribution in [0.25, 0.3) is 10.4 Å². The summed E-state index contributed by atoms with van der Waals surface area (Å²) in [6.07, 6.45) is 1.97. The van der Waals surface area contributed by atoms with Gasteiger partial charge >= 0.3 is 5.97 Å². The lowest BCUT2D eigenvalue weighted by atomic mass is 10.1. The van der Waals surface area contributed by atoms with Crippen molar-refractivity contribution >= 4 is 39.6 Å². The monoisotopic (exact) mass is 428 g/mol. The van der Waals surface area contributed by atoms with Crippen LogP contribution in [-0.2, 0) is 11.8 Å². The minimum Gasteiger partial charge on any atom is -0.462 e. The molecule has 152 valence electrons. The average molecular weight is 429 g/mol. The summed E-state index contributed by atoms with van der Waals surface area (Å²) in [6, 6.07) is 11.7. The Hall–Kier alpha value is -2.71. The number of aromatic nitrogens is 2. The Labute approximate surface area is 179 Å². The van der Waals surface area contributed by atoms with E-state index >= 15 is 0 Å². The maximum absolute atomic E-state index is 12.5. The van der Waals surface area contributed by atoms with Crippen molar-refractivity contribution in [3.05, 3.63) is 59.4 Å². The number of carbonyl (C=O) groups excluding carboxylic acids is 1. The molecule has 2 heterocycles. The van der Waals surface area contributed by atoms with Crippen molar-refractivity contribution < 1.29 is 9.53 Å². The quantitative estimate of drug-likeness (QED) is 0.439. The first-order chi connectivity index (χ1) is 13.9. The van der Waals surface area contributed by atoms with Crippen LogP contribution in [0.4, 0.5) is 5.00 Å². The summed E-state index contributed by atoms with van der Waals surface area (Å²) >= 11 is 6.97. The number of nitrogens with zero attached hydrogens (tertiary/aromatic N) is 2. The van der Waals surface area contributed by atoms with Crippen molar-refractivity contribution in [2.45, 2.75) is 26.8 Å². The average Bonchev–Trinajstić information content (AvgIpc) is 3.25. The summed E-state index contributed by atoms with van der Waals surface area (Å²) in [7, 11) is 1.89. The molecule has 2 N–H and O–H groups in total. The van der Waals surface area contributed by atoms with Crippen LogP contribution in [0.5, 0.6) is 0 Å². The third-order valence-electron chi connectivity index (χ3n) is 4.38. The van der Waals surface area contributed by atoms with Gasteiger partial charge in [-0.25, -0.2) is 4.79 Å². The van der Waals surface area contributed by atoms with E-state index in [0.717, 1.165) is 21.7 Å². The molecular weight excluding hydrogens is 404 g/mol. The molecular formula is C21H24N4O2S2. The molecule has 1 atom stereocenters. The largest absolute Gasteiger partial charge is 0.462 e. The van der Waals surface area contributed by atoms with E-state index in [1.807, 2.05) is 63.5 Å². The zero-order valence-corrected chi connectivity index (χ0v) is 18.5. The van der Waals surface area contributed by atoms with Gasteiger partial charge in [-0.1, -0.05) is 30.3 Å². The first-order valence-electron chi connectivity index (χ1n) is 9.33. The molecule has 0 spiro atoms. The molecule has 0 fully saturated rings. The van der Waals surface area contributed by atoms with Gasteiger partial charge in [-0.3, -0.25) is 4.68 Å². The van der Waals surface area contributed by atoms with Crippen LogP contribution in [0.2, 0.25) is 0 Å². The smallest absolute Gasteiger partial charge is 0.341 e. The topological polar surface area (TPSA) is 68.2 Å². The molecule has 6 nitrogen and oxygen atoms in total. The van der Waals surface area contributed by atoms with Gasteiger partial charge in [-0.15, -0.1) is 11.3 Å². The van der Waals surface area contributed by atoms with Crippen molar-refractivity contribution in [1.29, 1.82) is 0 Å². The lowest BCUT2D eigenvalue weighted by Crippen LogP contribution is -2.31.